The smallest absolute Gasteiger partial charge is 0.276 e. The van der Waals surface area contributed by atoms with Gasteiger partial charge >= 0.3 is 0 Å². The van der Waals surface area contributed by atoms with E-state index in [-0.39, 0.29) is 5.56 Å². The van der Waals surface area contributed by atoms with Gasteiger partial charge in [-0.15, -0.1) is 0 Å². The molecule has 2 rings (SSSR count). The van der Waals surface area contributed by atoms with Crippen LogP contribution in [0.1, 0.15) is 12.0 Å². The number of benzene rings is 1. The van der Waals surface area contributed by atoms with Crippen molar-refractivity contribution in [2.75, 3.05) is 6.61 Å². The molecule has 84 valence electrons. The van der Waals surface area contributed by atoms with Gasteiger partial charge in [-0.2, -0.15) is 0 Å². The lowest BCUT2D eigenvalue weighted by Gasteiger charge is -2.17. The van der Waals surface area contributed by atoms with Crippen LogP contribution in [0.4, 0.5) is 8.78 Å². The summed E-state index contributed by atoms with van der Waals surface area (Å²) in [6.45, 7) is -0.533. The maximum absolute atomic E-state index is 13.7. The number of alkyl halides is 2. The Morgan fingerprint density at radius 2 is 2.06 bits per heavy atom. The summed E-state index contributed by atoms with van der Waals surface area (Å²) in [5.41, 5.74) is -0.0542. The fourth-order valence-electron chi connectivity index (χ4n) is 1.72. The third-order valence-corrected chi connectivity index (χ3v) is 2.50. The minimum atomic E-state index is -3.00. The van der Waals surface area contributed by atoms with E-state index in [4.69, 9.17) is 5.11 Å². The van der Waals surface area contributed by atoms with E-state index < -0.39 is 19.0 Å². The molecule has 1 heterocycles. The van der Waals surface area contributed by atoms with Crippen LogP contribution < -0.4 is 0 Å². The minimum absolute atomic E-state index is 0.0542. The predicted molar refractivity (Wildman–Crippen MR) is 57.3 cm³/mol. The topological polar surface area (TPSA) is 33.1 Å². The van der Waals surface area contributed by atoms with Gasteiger partial charge in [0.05, 0.1) is 0 Å². The van der Waals surface area contributed by atoms with E-state index in [1.165, 1.54) is 12.3 Å². The molecule has 0 amide bonds. The number of aliphatic hydroxyl groups is 1. The molecule has 0 spiro atoms. The molecule has 1 aromatic carbocycles. The number of fused-ring (bicyclic) bond motifs is 1. The van der Waals surface area contributed by atoms with E-state index in [0.29, 0.717) is 10.8 Å². The molecule has 0 radical (unpaired) electrons. The molecule has 0 atom stereocenters. The fraction of sp³-hybridized carbons (Fsp3) is 0.250. The van der Waals surface area contributed by atoms with Gasteiger partial charge in [0.1, 0.15) is 0 Å². The Labute approximate surface area is 91.6 Å². The van der Waals surface area contributed by atoms with Gasteiger partial charge in [-0.05, 0) is 11.5 Å². The fourth-order valence-corrected chi connectivity index (χ4v) is 1.72. The Bertz CT molecular complexity index is 494. The lowest BCUT2D eigenvalue weighted by atomic mass is 9.99. The van der Waals surface area contributed by atoms with Crippen molar-refractivity contribution in [1.82, 2.24) is 4.98 Å². The van der Waals surface area contributed by atoms with Gasteiger partial charge in [-0.1, -0.05) is 18.2 Å². The molecule has 0 fully saturated rings. The van der Waals surface area contributed by atoms with E-state index in [1.807, 2.05) is 0 Å². The van der Waals surface area contributed by atoms with Crippen LogP contribution in [-0.4, -0.2) is 16.7 Å². The summed E-state index contributed by atoms with van der Waals surface area (Å²) in [6, 6.07) is 6.26. The first kappa shape index (κ1) is 11.0. The standard InChI is InChI=1S/C12H11F2NO/c13-12(14,5-7-16)11-3-1-2-9-8-15-6-4-10(9)11/h1-4,6,8,16H,5,7H2. The van der Waals surface area contributed by atoms with Gasteiger partial charge in [0.2, 0.25) is 0 Å². The Morgan fingerprint density at radius 1 is 1.25 bits per heavy atom. The van der Waals surface area contributed by atoms with E-state index in [2.05, 4.69) is 4.98 Å². The third-order valence-electron chi connectivity index (χ3n) is 2.50. The van der Waals surface area contributed by atoms with Gasteiger partial charge in [-0.3, -0.25) is 4.98 Å². The highest BCUT2D eigenvalue weighted by Gasteiger charge is 2.32. The number of rotatable bonds is 3. The van der Waals surface area contributed by atoms with Crippen LogP contribution >= 0.6 is 0 Å². The SMILES string of the molecule is OCCC(F)(F)c1cccc2cnccc12. The van der Waals surface area contributed by atoms with Gasteiger partial charge in [-0.25, -0.2) is 8.78 Å². The van der Waals surface area contributed by atoms with Crippen LogP contribution in [0, 0.1) is 0 Å². The number of nitrogens with zero attached hydrogens (tertiary/aromatic N) is 1. The van der Waals surface area contributed by atoms with Crippen molar-refractivity contribution in [3.05, 3.63) is 42.2 Å². The molecule has 0 aliphatic carbocycles. The first-order valence-corrected chi connectivity index (χ1v) is 4.97. The summed E-state index contributed by atoms with van der Waals surface area (Å²) >= 11 is 0. The summed E-state index contributed by atoms with van der Waals surface area (Å²) in [5.74, 6) is -3.00. The highest BCUT2D eigenvalue weighted by molar-refractivity contribution is 5.85. The van der Waals surface area contributed by atoms with Crippen LogP contribution in [-0.2, 0) is 5.92 Å². The largest absolute Gasteiger partial charge is 0.396 e. The van der Waals surface area contributed by atoms with Crippen molar-refractivity contribution < 1.29 is 13.9 Å². The monoisotopic (exact) mass is 223 g/mol. The second kappa shape index (κ2) is 4.14. The maximum Gasteiger partial charge on any atom is 0.276 e. The van der Waals surface area contributed by atoms with Crippen molar-refractivity contribution in [2.24, 2.45) is 0 Å². The molecule has 0 unspecified atom stereocenters. The molecule has 4 heteroatoms. The van der Waals surface area contributed by atoms with Crippen LogP contribution in [0.3, 0.4) is 0 Å². The summed E-state index contributed by atoms with van der Waals surface area (Å²) in [7, 11) is 0. The molecule has 1 N–H and O–H groups in total. The molecule has 0 bridgehead atoms. The number of hydrogen-bond acceptors (Lipinski definition) is 2. The van der Waals surface area contributed by atoms with Crippen molar-refractivity contribution >= 4 is 10.8 Å². The maximum atomic E-state index is 13.7. The molecule has 2 nitrogen and oxygen atoms in total. The van der Waals surface area contributed by atoms with Gasteiger partial charge in [0.15, 0.2) is 0 Å². The van der Waals surface area contributed by atoms with Crippen LogP contribution in [0.5, 0.6) is 0 Å². The molecule has 16 heavy (non-hydrogen) atoms. The van der Waals surface area contributed by atoms with E-state index in [9.17, 15) is 8.78 Å². The van der Waals surface area contributed by atoms with Crippen LogP contribution in [0.15, 0.2) is 36.7 Å². The van der Waals surface area contributed by atoms with Crippen molar-refractivity contribution in [2.45, 2.75) is 12.3 Å². The summed E-state index contributed by atoms with van der Waals surface area (Å²) in [5, 5.41) is 9.80. The first-order chi connectivity index (χ1) is 7.65. The quantitative estimate of drug-likeness (QED) is 0.867. The molecule has 0 saturated heterocycles. The number of hydrogen-bond donors (Lipinski definition) is 1. The Hall–Kier alpha value is -1.55. The van der Waals surface area contributed by atoms with Gasteiger partial charge in [0.25, 0.3) is 5.92 Å². The number of aromatic nitrogens is 1. The van der Waals surface area contributed by atoms with Crippen molar-refractivity contribution in [1.29, 1.82) is 0 Å². The number of halogens is 2. The molecular formula is C12H11F2NO. The lowest BCUT2D eigenvalue weighted by Crippen LogP contribution is -2.15. The normalized spacial score (nSPS) is 11.9. The zero-order valence-corrected chi connectivity index (χ0v) is 8.53. The molecule has 2 aromatic rings. The second-order valence-corrected chi connectivity index (χ2v) is 3.58. The third kappa shape index (κ3) is 1.88. The highest BCUT2D eigenvalue weighted by Crippen LogP contribution is 2.35. The summed E-state index contributed by atoms with van der Waals surface area (Å²) < 4.78 is 27.4. The molecule has 1 aromatic heterocycles. The second-order valence-electron chi connectivity index (χ2n) is 3.58. The number of aliphatic hydroxyl groups excluding tert-OH is 1. The van der Waals surface area contributed by atoms with Crippen molar-refractivity contribution in [3.8, 4) is 0 Å². The van der Waals surface area contributed by atoms with Crippen molar-refractivity contribution in [3.63, 3.8) is 0 Å². The molecular weight excluding hydrogens is 212 g/mol. The molecule has 0 saturated carbocycles. The lowest BCUT2D eigenvalue weighted by molar-refractivity contribution is -0.0255. The van der Waals surface area contributed by atoms with Crippen LogP contribution in [0.2, 0.25) is 0 Å². The minimum Gasteiger partial charge on any atom is -0.396 e. The average Bonchev–Trinajstić information content (AvgIpc) is 2.28. The Morgan fingerprint density at radius 3 is 2.81 bits per heavy atom. The summed E-state index contributed by atoms with van der Waals surface area (Å²) in [6.07, 6.45) is 2.48. The zero-order chi connectivity index (χ0) is 11.6. The predicted octanol–water partition coefficient (Wildman–Crippen LogP) is 2.71. The first-order valence-electron chi connectivity index (χ1n) is 4.97. The van der Waals surface area contributed by atoms with Gasteiger partial charge in [0, 0.05) is 36.4 Å². The molecule has 0 aliphatic rings. The Balaban J connectivity index is 2.60. The number of pyridine rings is 1. The van der Waals surface area contributed by atoms with E-state index in [1.54, 1.807) is 24.4 Å². The van der Waals surface area contributed by atoms with Gasteiger partial charge < -0.3 is 5.11 Å². The summed E-state index contributed by atoms with van der Waals surface area (Å²) in [4.78, 5) is 3.89. The Kier molecular flexibility index (Phi) is 2.83. The van der Waals surface area contributed by atoms with Crippen LogP contribution in [0.25, 0.3) is 10.8 Å². The average molecular weight is 223 g/mol. The molecule has 0 aliphatic heterocycles. The van der Waals surface area contributed by atoms with E-state index >= 15 is 0 Å². The van der Waals surface area contributed by atoms with E-state index in [0.717, 1.165) is 0 Å². The highest BCUT2D eigenvalue weighted by atomic mass is 19.3. The zero-order valence-electron chi connectivity index (χ0n) is 8.53.